The molecule has 0 aliphatic heterocycles. The SMILES string of the molecule is CNCCN(C)CCN(C)C(C)=N. The molecule has 0 fully saturated rings. The van der Waals surface area contributed by atoms with Crippen molar-refractivity contribution in [1.29, 1.82) is 5.41 Å². The number of hydrogen-bond acceptors (Lipinski definition) is 3. The number of hydrogen-bond donors (Lipinski definition) is 2. The molecule has 0 aliphatic rings. The second kappa shape index (κ2) is 6.86. The van der Waals surface area contributed by atoms with Crippen molar-refractivity contribution < 1.29 is 0 Å². The van der Waals surface area contributed by atoms with Crippen molar-refractivity contribution in [2.45, 2.75) is 6.92 Å². The van der Waals surface area contributed by atoms with Crippen LogP contribution < -0.4 is 5.32 Å². The molecule has 0 aromatic carbocycles. The molecule has 0 aromatic heterocycles. The van der Waals surface area contributed by atoms with Gasteiger partial charge in [0.05, 0.1) is 5.84 Å². The van der Waals surface area contributed by atoms with E-state index in [0.29, 0.717) is 5.84 Å². The largest absolute Gasteiger partial charge is 0.363 e. The minimum atomic E-state index is 0.627. The maximum Gasteiger partial charge on any atom is 0.0923 e. The van der Waals surface area contributed by atoms with Crippen LogP contribution in [0.2, 0.25) is 0 Å². The van der Waals surface area contributed by atoms with Gasteiger partial charge >= 0.3 is 0 Å². The van der Waals surface area contributed by atoms with Gasteiger partial charge in [0.1, 0.15) is 0 Å². The van der Waals surface area contributed by atoms with Crippen LogP contribution >= 0.6 is 0 Å². The van der Waals surface area contributed by atoms with Gasteiger partial charge in [0.15, 0.2) is 0 Å². The average Bonchev–Trinajstić information content (AvgIpc) is 2.10. The maximum atomic E-state index is 7.38. The second-order valence-corrected chi connectivity index (χ2v) is 3.41. The Morgan fingerprint density at radius 3 is 2.31 bits per heavy atom. The number of nitrogens with one attached hydrogen (secondary N) is 2. The Balaban J connectivity index is 3.45. The third-order valence-corrected chi connectivity index (χ3v) is 2.13. The molecule has 78 valence electrons. The molecule has 0 unspecified atom stereocenters. The van der Waals surface area contributed by atoms with E-state index in [0.717, 1.165) is 26.2 Å². The lowest BCUT2D eigenvalue weighted by Crippen LogP contribution is -2.35. The molecule has 0 aromatic rings. The first-order valence-electron chi connectivity index (χ1n) is 4.67. The molecule has 0 amide bonds. The van der Waals surface area contributed by atoms with Crippen LogP contribution in [0.15, 0.2) is 0 Å². The zero-order valence-electron chi connectivity index (χ0n) is 9.22. The standard InChI is InChI=1S/C9H22N4/c1-9(10)13(4)8-7-12(3)6-5-11-2/h10-11H,5-8H2,1-4H3. The highest BCUT2D eigenvalue weighted by Crippen LogP contribution is 1.86. The lowest BCUT2D eigenvalue weighted by Gasteiger charge is -2.22. The minimum absolute atomic E-state index is 0.627. The van der Waals surface area contributed by atoms with Crippen molar-refractivity contribution in [3.05, 3.63) is 0 Å². The monoisotopic (exact) mass is 186 g/mol. The average molecular weight is 186 g/mol. The van der Waals surface area contributed by atoms with Gasteiger partial charge in [-0.1, -0.05) is 0 Å². The Labute approximate surface area is 81.4 Å². The van der Waals surface area contributed by atoms with Crippen LogP contribution in [0.5, 0.6) is 0 Å². The van der Waals surface area contributed by atoms with Gasteiger partial charge in [-0.15, -0.1) is 0 Å². The fraction of sp³-hybridized carbons (Fsp3) is 0.889. The number of likely N-dealkylation sites (N-methyl/N-ethyl adjacent to an activating group) is 3. The maximum absolute atomic E-state index is 7.38. The first-order valence-corrected chi connectivity index (χ1v) is 4.67. The predicted octanol–water partition coefficient (Wildman–Crippen LogP) is 0.0666. The summed E-state index contributed by atoms with van der Waals surface area (Å²) in [4.78, 5) is 4.21. The van der Waals surface area contributed by atoms with Crippen LogP contribution in [0.4, 0.5) is 0 Å². The van der Waals surface area contributed by atoms with Gasteiger partial charge < -0.3 is 15.1 Å². The number of amidine groups is 1. The molecule has 4 heteroatoms. The molecule has 0 heterocycles. The van der Waals surface area contributed by atoms with E-state index in [2.05, 4.69) is 17.3 Å². The van der Waals surface area contributed by atoms with E-state index in [-0.39, 0.29) is 0 Å². The number of nitrogens with zero attached hydrogens (tertiary/aromatic N) is 2. The van der Waals surface area contributed by atoms with E-state index in [1.807, 2.05) is 25.9 Å². The summed E-state index contributed by atoms with van der Waals surface area (Å²) in [6, 6.07) is 0. The summed E-state index contributed by atoms with van der Waals surface area (Å²) < 4.78 is 0. The Hall–Kier alpha value is -0.610. The summed E-state index contributed by atoms with van der Waals surface area (Å²) in [7, 11) is 6.01. The summed E-state index contributed by atoms with van der Waals surface area (Å²) in [5.74, 6) is 0.627. The van der Waals surface area contributed by atoms with Gasteiger partial charge in [-0.25, -0.2) is 0 Å². The molecule has 0 atom stereocenters. The van der Waals surface area contributed by atoms with E-state index in [1.165, 1.54) is 0 Å². The molecule has 4 nitrogen and oxygen atoms in total. The Kier molecular flexibility index (Phi) is 6.54. The van der Waals surface area contributed by atoms with E-state index in [9.17, 15) is 0 Å². The quantitative estimate of drug-likeness (QED) is 0.455. The minimum Gasteiger partial charge on any atom is -0.363 e. The zero-order valence-corrected chi connectivity index (χ0v) is 9.22. The molecule has 0 aliphatic carbocycles. The molecule has 0 rings (SSSR count). The van der Waals surface area contributed by atoms with Gasteiger partial charge in [-0.2, -0.15) is 0 Å². The molecule has 0 bridgehead atoms. The van der Waals surface area contributed by atoms with Gasteiger partial charge in [-0.3, -0.25) is 5.41 Å². The molecular weight excluding hydrogens is 164 g/mol. The highest BCUT2D eigenvalue weighted by Gasteiger charge is 2.01. The van der Waals surface area contributed by atoms with Crippen LogP contribution in [0.25, 0.3) is 0 Å². The fourth-order valence-corrected chi connectivity index (χ4v) is 0.903. The van der Waals surface area contributed by atoms with E-state index in [4.69, 9.17) is 5.41 Å². The fourth-order valence-electron chi connectivity index (χ4n) is 0.903. The first kappa shape index (κ1) is 12.4. The normalized spacial score (nSPS) is 10.5. The van der Waals surface area contributed by atoms with Crippen molar-refractivity contribution in [2.24, 2.45) is 0 Å². The van der Waals surface area contributed by atoms with Crippen LogP contribution in [0.1, 0.15) is 6.92 Å². The van der Waals surface area contributed by atoms with E-state index < -0.39 is 0 Å². The van der Waals surface area contributed by atoms with Gasteiger partial charge in [0, 0.05) is 33.2 Å². The van der Waals surface area contributed by atoms with Crippen LogP contribution in [-0.4, -0.2) is 63.0 Å². The van der Waals surface area contributed by atoms with Gasteiger partial charge in [0.2, 0.25) is 0 Å². The summed E-state index contributed by atoms with van der Waals surface area (Å²) in [6.45, 7) is 5.82. The summed E-state index contributed by atoms with van der Waals surface area (Å²) in [5.41, 5.74) is 0. The Morgan fingerprint density at radius 2 is 1.85 bits per heavy atom. The van der Waals surface area contributed by atoms with Crippen molar-refractivity contribution in [3.63, 3.8) is 0 Å². The van der Waals surface area contributed by atoms with Crippen LogP contribution in [0, 0.1) is 5.41 Å². The molecule has 0 saturated heterocycles. The zero-order chi connectivity index (χ0) is 10.3. The summed E-state index contributed by atoms with van der Waals surface area (Å²) in [6.07, 6.45) is 0. The third-order valence-electron chi connectivity index (χ3n) is 2.13. The molecular formula is C9H22N4. The van der Waals surface area contributed by atoms with Crippen molar-refractivity contribution in [3.8, 4) is 0 Å². The second-order valence-electron chi connectivity index (χ2n) is 3.41. The highest BCUT2D eigenvalue weighted by molar-refractivity contribution is 5.75. The molecule has 0 spiro atoms. The van der Waals surface area contributed by atoms with Gasteiger partial charge in [0.25, 0.3) is 0 Å². The topological polar surface area (TPSA) is 42.4 Å². The van der Waals surface area contributed by atoms with Crippen LogP contribution in [0.3, 0.4) is 0 Å². The predicted molar refractivity (Wildman–Crippen MR) is 57.5 cm³/mol. The summed E-state index contributed by atoms with van der Waals surface area (Å²) >= 11 is 0. The van der Waals surface area contributed by atoms with Crippen molar-refractivity contribution in [2.75, 3.05) is 47.3 Å². The lowest BCUT2D eigenvalue weighted by molar-refractivity contribution is 0.305. The number of rotatable bonds is 6. The van der Waals surface area contributed by atoms with Crippen molar-refractivity contribution in [1.82, 2.24) is 15.1 Å². The molecule has 0 saturated carbocycles. The Morgan fingerprint density at radius 1 is 1.23 bits per heavy atom. The lowest BCUT2D eigenvalue weighted by atomic mass is 10.4. The van der Waals surface area contributed by atoms with Gasteiger partial charge in [-0.05, 0) is 21.0 Å². The van der Waals surface area contributed by atoms with E-state index >= 15 is 0 Å². The summed E-state index contributed by atoms with van der Waals surface area (Å²) in [5, 5.41) is 10.5. The smallest absolute Gasteiger partial charge is 0.0923 e. The Bertz CT molecular complexity index is 147. The molecule has 0 radical (unpaired) electrons. The first-order chi connectivity index (χ1) is 6.07. The highest BCUT2D eigenvalue weighted by atomic mass is 15.2. The third kappa shape index (κ3) is 6.54. The molecule has 13 heavy (non-hydrogen) atoms. The van der Waals surface area contributed by atoms with Crippen LogP contribution in [-0.2, 0) is 0 Å². The van der Waals surface area contributed by atoms with Crippen molar-refractivity contribution >= 4 is 5.84 Å². The molecule has 2 N–H and O–H groups in total. The van der Waals surface area contributed by atoms with E-state index in [1.54, 1.807) is 0 Å².